The average molecular weight is 184 g/mol. The van der Waals surface area contributed by atoms with Crippen LogP contribution in [0.5, 0.6) is 0 Å². The zero-order valence-electron chi connectivity index (χ0n) is 8.71. The van der Waals surface area contributed by atoms with Crippen LogP contribution in [-0.2, 0) is 9.53 Å². The first-order chi connectivity index (χ1) is 6.26. The van der Waals surface area contributed by atoms with Crippen molar-refractivity contribution < 1.29 is 9.53 Å². The molecule has 0 fully saturated rings. The van der Waals surface area contributed by atoms with Gasteiger partial charge in [-0.3, -0.25) is 4.79 Å². The van der Waals surface area contributed by atoms with Crippen LogP contribution in [0.2, 0.25) is 0 Å². The monoisotopic (exact) mass is 184 g/mol. The summed E-state index contributed by atoms with van der Waals surface area (Å²) in [5.74, 6) is -0.0479. The molecule has 13 heavy (non-hydrogen) atoms. The van der Waals surface area contributed by atoms with Gasteiger partial charge in [0.2, 0.25) is 0 Å². The summed E-state index contributed by atoms with van der Waals surface area (Å²) in [5.41, 5.74) is 0. The molecule has 0 aromatic heterocycles. The molecule has 76 valence electrons. The van der Waals surface area contributed by atoms with Gasteiger partial charge in [0.15, 0.2) is 0 Å². The van der Waals surface area contributed by atoms with Crippen molar-refractivity contribution in [1.82, 2.24) is 0 Å². The first kappa shape index (κ1) is 12.2. The van der Waals surface area contributed by atoms with Crippen LogP contribution in [-0.4, -0.2) is 5.97 Å². The second kappa shape index (κ2) is 7.84. The summed E-state index contributed by atoms with van der Waals surface area (Å²) < 4.78 is 4.78. The fourth-order valence-electron chi connectivity index (χ4n) is 1.36. The molecule has 0 rings (SSSR count). The number of carbonyl (C=O) groups excluding carboxylic acids is 1. The van der Waals surface area contributed by atoms with Gasteiger partial charge >= 0.3 is 5.97 Å². The number of ether oxygens (including phenoxy) is 1. The van der Waals surface area contributed by atoms with Crippen LogP contribution in [0, 0.1) is 5.92 Å². The molecule has 0 saturated heterocycles. The third-order valence-electron chi connectivity index (χ3n) is 2.08. The predicted molar refractivity (Wildman–Crippen MR) is 54.2 cm³/mol. The van der Waals surface area contributed by atoms with Crippen LogP contribution in [0.15, 0.2) is 12.8 Å². The van der Waals surface area contributed by atoms with Gasteiger partial charge in [0.25, 0.3) is 0 Å². The quantitative estimate of drug-likeness (QED) is 0.448. The molecule has 2 nitrogen and oxygen atoms in total. The molecule has 0 aromatic rings. The molecule has 2 heteroatoms. The third kappa shape index (κ3) is 5.45. The van der Waals surface area contributed by atoms with Gasteiger partial charge in [0.05, 0.1) is 12.2 Å². The highest BCUT2D eigenvalue weighted by atomic mass is 16.5. The highest BCUT2D eigenvalue weighted by Gasteiger charge is 2.17. The van der Waals surface area contributed by atoms with Crippen LogP contribution < -0.4 is 0 Å². The number of esters is 1. The Balaban J connectivity index is 3.90. The highest BCUT2D eigenvalue weighted by molar-refractivity contribution is 5.72. The number of unbranched alkanes of at least 4 members (excludes halogenated alkanes) is 1. The van der Waals surface area contributed by atoms with Crippen LogP contribution >= 0.6 is 0 Å². The Kier molecular flexibility index (Phi) is 7.36. The van der Waals surface area contributed by atoms with E-state index in [0.29, 0.717) is 0 Å². The van der Waals surface area contributed by atoms with Gasteiger partial charge in [-0.15, -0.1) is 0 Å². The molecule has 0 radical (unpaired) electrons. The lowest BCUT2D eigenvalue weighted by molar-refractivity contribution is -0.143. The summed E-state index contributed by atoms with van der Waals surface area (Å²) in [6.07, 6.45) is 6.33. The van der Waals surface area contributed by atoms with Gasteiger partial charge in [0, 0.05) is 0 Å². The van der Waals surface area contributed by atoms with Crippen molar-refractivity contribution in [3.05, 3.63) is 12.8 Å². The van der Waals surface area contributed by atoms with Gasteiger partial charge in [-0.25, -0.2) is 0 Å². The van der Waals surface area contributed by atoms with Crippen molar-refractivity contribution in [2.24, 2.45) is 5.92 Å². The van der Waals surface area contributed by atoms with E-state index in [2.05, 4.69) is 20.4 Å². The lowest BCUT2D eigenvalue weighted by Crippen LogP contribution is -2.15. The first-order valence-electron chi connectivity index (χ1n) is 5.07. The minimum absolute atomic E-state index is 0.0722. The average Bonchev–Trinajstić information content (AvgIpc) is 2.12. The van der Waals surface area contributed by atoms with Crippen molar-refractivity contribution in [3.63, 3.8) is 0 Å². The van der Waals surface area contributed by atoms with Crippen molar-refractivity contribution in [2.75, 3.05) is 0 Å². The Morgan fingerprint density at radius 3 is 2.54 bits per heavy atom. The summed E-state index contributed by atoms with van der Waals surface area (Å²) in [7, 11) is 0. The van der Waals surface area contributed by atoms with Crippen LogP contribution in [0.4, 0.5) is 0 Å². The van der Waals surface area contributed by atoms with E-state index in [4.69, 9.17) is 4.74 Å². The standard InChI is InChI=1S/C11H20O2/c1-4-7-9-10(8-5-2)11(12)13-6-3/h6,10H,3-5,7-9H2,1-2H3. The van der Waals surface area contributed by atoms with E-state index in [9.17, 15) is 4.79 Å². The molecule has 0 aliphatic rings. The molecule has 1 atom stereocenters. The highest BCUT2D eigenvalue weighted by Crippen LogP contribution is 2.16. The van der Waals surface area contributed by atoms with Crippen molar-refractivity contribution in [2.45, 2.75) is 46.0 Å². The van der Waals surface area contributed by atoms with Gasteiger partial charge in [-0.05, 0) is 12.8 Å². The van der Waals surface area contributed by atoms with E-state index in [0.717, 1.165) is 32.1 Å². The Labute approximate surface area is 81.0 Å². The Bertz CT molecular complexity index is 152. The van der Waals surface area contributed by atoms with E-state index >= 15 is 0 Å². The second-order valence-corrected chi connectivity index (χ2v) is 3.23. The summed E-state index contributed by atoms with van der Waals surface area (Å²) in [6.45, 7) is 7.59. The van der Waals surface area contributed by atoms with Crippen LogP contribution in [0.3, 0.4) is 0 Å². The molecular formula is C11H20O2. The normalized spacial score (nSPS) is 12.2. The maximum absolute atomic E-state index is 11.3. The minimum atomic E-state index is -0.120. The molecule has 0 spiro atoms. The number of carbonyl (C=O) groups is 1. The van der Waals surface area contributed by atoms with Crippen LogP contribution in [0.1, 0.15) is 46.0 Å². The Hall–Kier alpha value is -0.790. The molecule has 0 heterocycles. The maximum Gasteiger partial charge on any atom is 0.313 e. The Morgan fingerprint density at radius 2 is 2.08 bits per heavy atom. The summed E-state index contributed by atoms with van der Waals surface area (Å²) in [5, 5.41) is 0. The summed E-state index contributed by atoms with van der Waals surface area (Å²) in [6, 6.07) is 0. The maximum atomic E-state index is 11.3. The molecule has 0 aromatic carbocycles. The van der Waals surface area contributed by atoms with Gasteiger partial charge < -0.3 is 4.74 Å². The first-order valence-corrected chi connectivity index (χ1v) is 5.07. The second-order valence-electron chi connectivity index (χ2n) is 3.23. The molecule has 0 aliphatic heterocycles. The number of hydrogen-bond acceptors (Lipinski definition) is 2. The van der Waals surface area contributed by atoms with Gasteiger partial charge in [0.1, 0.15) is 0 Å². The van der Waals surface area contributed by atoms with Crippen molar-refractivity contribution in [3.8, 4) is 0 Å². The van der Waals surface area contributed by atoms with E-state index in [1.54, 1.807) is 0 Å². The van der Waals surface area contributed by atoms with E-state index in [1.165, 1.54) is 6.26 Å². The van der Waals surface area contributed by atoms with E-state index in [-0.39, 0.29) is 11.9 Å². The largest absolute Gasteiger partial charge is 0.435 e. The topological polar surface area (TPSA) is 26.3 Å². The summed E-state index contributed by atoms with van der Waals surface area (Å²) >= 11 is 0. The zero-order chi connectivity index (χ0) is 10.1. The smallest absolute Gasteiger partial charge is 0.313 e. The third-order valence-corrected chi connectivity index (χ3v) is 2.08. The van der Waals surface area contributed by atoms with Gasteiger partial charge in [-0.2, -0.15) is 0 Å². The van der Waals surface area contributed by atoms with Crippen molar-refractivity contribution in [1.29, 1.82) is 0 Å². The van der Waals surface area contributed by atoms with E-state index in [1.807, 2.05) is 0 Å². The molecule has 0 aliphatic carbocycles. The molecule has 0 saturated carbocycles. The molecule has 0 N–H and O–H groups in total. The zero-order valence-corrected chi connectivity index (χ0v) is 8.71. The lowest BCUT2D eigenvalue weighted by atomic mass is 9.97. The lowest BCUT2D eigenvalue weighted by Gasteiger charge is -2.12. The molecule has 0 bridgehead atoms. The van der Waals surface area contributed by atoms with Crippen LogP contribution in [0.25, 0.3) is 0 Å². The molecular weight excluding hydrogens is 164 g/mol. The summed E-state index contributed by atoms with van der Waals surface area (Å²) in [4.78, 5) is 11.3. The predicted octanol–water partition coefficient (Wildman–Crippen LogP) is 3.28. The fourth-order valence-corrected chi connectivity index (χ4v) is 1.36. The Morgan fingerprint density at radius 1 is 1.38 bits per heavy atom. The fraction of sp³-hybridized carbons (Fsp3) is 0.727. The van der Waals surface area contributed by atoms with E-state index < -0.39 is 0 Å². The minimum Gasteiger partial charge on any atom is -0.435 e. The number of hydrogen-bond donors (Lipinski definition) is 0. The number of rotatable bonds is 7. The molecule has 1 unspecified atom stereocenters. The van der Waals surface area contributed by atoms with Gasteiger partial charge in [-0.1, -0.05) is 39.7 Å². The van der Waals surface area contributed by atoms with Crippen molar-refractivity contribution >= 4 is 5.97 Å². The SMILES string of the molecule is C=COC(=O)C(CCC)CCCC. The molecule has 0 amide bonds.